The first-order valence-corrected chi connectivity index (χ1v) is 6.92. The molecule has 5 nitrogen and oxygen atoms in total. The van der Waals surface area contributed by atoms with Crippen LogP contribution in [0.15, 0.2) is 24.3 Å². The molecule has 0 spiro atoms. The van der Waals surface area contributed by atoms with E-state index < -0.39 is 5.97 Å². The summed E-state index contributed by atoms with van der Waals surface area (Å²) in [5.74, 6) is -0.0387. The van der Waals surface area contributed by atoms with Crippen molar-refractivity contribution in [1.29, 1.82) is 0 Å². The highest BCUT2D eigenvalue weighted by Gasteiger charge is 2.21. The van der Waals surface area contributed by atoms with E-state index in [1.54, 1.807) is 4.90 Å². The average molecular weight is 277 g/mol. The summed E-state index contributed by atoms with van der Waals surface area (Å²) in [6.45, 7) is 1.26. The van der Waals surface area contributed by atoms with Crippen molar-refractivity contribution in [3.63, 3.8) is 0 Å². The van der Waals surface area contributed by atoms with Crippen molar-refractivity contribution in [2.45, 2.75) is 32.1 Å². The SMILES string of the molecule is O=C(O)CCCCC(=O)N1CCCOc2ccccc21. The van der Waals surface area contributed by atoms with Crippen molar-refractivity contribution in [3.8, 4) is 5.75 Å². The van der Waals surface area contributed by atoms with Gasteiger partial charge in [0.2, 0.25) is 5.91 Å². The van der Waals surface area contributed by atoms with E-state index >= 15 is 0 Å². The monoisotopic (exact) mass is 277 g/mol. The molecule has 0 aliphatic carbocycles. The number of amides is 1. The maximum absolute atomic E-state index is 12.3. The van der Waals surface area contributed by atoms with Crippen LogP contribution in [0.25, 0.3) is 0 Å². The van der Waals surface area contributed by atoms with Gasteiger partial charge in [0, 0.05) is 19.4 Å². The van der Waals surface area contributed by atoms with E-state index in [-0.39, 0.29) is 12.3 Å². The molecule has 0 unspecified atom stereocenters. The summed E-state index contributed by atoms with van der Waals surface area (Å²) in [6, 6.07) is 7.53. The number of hydrogen-bond donors (Lipinski definition) is 1. The number of rotatable bonds is 5. The third kappa shape index (κ3) is 3.73. The molecule has 0 saturated carbocycles. The van der Waals surface area contributed by atoms with E-state index in [1.165, 1.54) is 0 Å². The van der Waals surface area contributed by atoms with Crippen molar-refractivity contribution >= 4 is 17.6 Å². The maximum Gasteiger partial charge on any atom is 0.303 e. The van der Waals surface area contributed by atoms with Gasteiger partial charge in [-0.2, -0.15) is 0 Å². The Hall–Kier alpha value is -2.04. The molecule has 1 heterocycles. The Morgan fingerprint density at radius 3 is 2.75 bits per heavy atom. The summed E-state index contributed by atoms with van der Waals surface area (Å²) in [5.41, 5.74) is 0.813. The Morgan fingerprint density at radius 2 is 1.95 bits per heavy atom. The highest BCUT2D eigenvalue weighted by Crippen LogP contribution is 2.31. The number of ether oxygens (including phenoxy) is 1. The van der Waals surface area contributed by atoms with Crippen molar-refractivity contribution in [2.24, 2.45) is 0 Å². The van der Waals surface area contributed by atoms with E-state index in [1.807, 2.05) is 24.3 Å². The van der Waals surface area contributed by atoms with Crippen LogP contribution < -0.4 is 9.64 Å². The van der Waals surface area contributed by atoms with Gasteiger partial charge in [-0.25, -0.2) is 0 Å². The number of anilines is 1. The summed E-state index contributed by atoms with van der Waals surface area (Å²) in [5, 5.41) is 8.58. The van der Waals surface area contributed by atoms with Crippen LogP contribution in [0, 0.1) is 0 Å². The zero-order valence-electron chi connectivity index (χ0n) is 11.4. The van der Waals surface area contributed by atoms with E-state index in [2.05, 4.69) is 0 Å². The van der Waals surface area contributed by atoms with Gasteiger partial charge in [-0.3, -0.25) is 9.59 Å². The highest BCUT2D eigenvalue weighted by molar-refractivity contribution is 5.95. The molecule has 0 fully saturated rings. The topological polar surface area (TPSA) is 66.8 Å². The highest BCUT2D eigenvalue weighted by atomic mass is 16.5. The van der Waals surface area contributed by atoms with E-state index in [0.29, 0.717) is 32.4 Å². The van der Waals surface area contributed by atoms with Crippen LogP contribution >= 0.6 is 0 Å². The predicted molar refractivity (Wildman–Crippen MR) is 75.0 cm³/mol. The normalized spacial score (nSPS) is 14.1. The van der Waals surface area contributed by atoms with Gasteiger partial charge in [-0.15, -0.1) is 0 Å². The van der Waals surface area contributed by atoms with Crippen LogP contribution in [-0.4, -0.2) is 30.1 Å². The second-order valence-electron chi connectivity index (χ2n) is 4.82. The summed E-state index contributed by atoms with van der Waals surface area (Å²) in [7, 11) is 0. The molecule has 0 atom stereocenters. The third-order valence-corrected chi connectivity index (χ3v) is 3.27. The first-order valence-electron chi connectivity index (χ1n) is 6.92. The van der Waals surface area contributed by atoms with Crippen molar-refractivity contribution in [3.05, 3.63) is 24.3 Å². The molecule has 1 aromatic carbocycles. The number of hydrogen-bond acceptors (Lipinski definition) is 3. The van der Waals surface area contributed by atoms with Crippen molar-refractivity contribution in [2.75, 3.05) is 18.1 Å². The fraction of sp³-hybridized carbons (Fsp3) is 0.467. The molecule has 0 saturated heterocycles. The number of carbonyl (C=O) groups is 2. The number of carboxylic acids is 1. The maximum atomic E-state index is 12.3. The Labute approximate surface area is 118 Å². The number of fused-ring (bicyclic) bond motifs is 1. The zero-order chi connectivity index (χ0) is 14.4. The van der Waals surface area contributed by atoms with E-state index in [9.17, 15) is 9.59 Å². The Morgan fingerprint density at radius 1 is 1.20 bits per heavy atom. The second kappa shape index (κ2) is 6.93. The molecule has 1 aromatic rings. The molecular formula is C15H19NO4. The molecule has 1 N–H and O–H groups in total. The molecule has 2 rings (SSSR count). The zero-order valence-corrected chi connectivity index (χ0v) is 11.4. The quantitative estimate of drug-likeness (QED) is 0.839. The lowest BCUT2D eigenvalue weighted by Gasteiger charge is -2.21. The standard InChI is InChI=1S/C15H19NO4/c17-14(8-3-4-9-15(18)19)16-10-5-11-20-13-7-2-1-6-12(13)16/h1-2,6-7H,3-5,8-11H2,(H,18,19). The largest absolute Gasteiger partial charge is 0.491 e. The molecule has 0 aromatic heterocycles. The first-order chi connectivity index (χ1) is 9.68. The van der Waals surface area contributed by atoms with Gasteiger partial charge in [0.1, 0.15) is 5.75 Å². The molecule has 1 aliphatic heterocycles. The van der Waals surface area contributed by atoms with Crippen molar-refractivity contribution in [1.82, 2.24) is 0 Å². The summed E-state index contributed by atoms with van der Waals surface area (Å²) < 4.78 is 5.61. The summed E-state index contributed by atoms with van der Waals surface area (Å²) in [6.07, 6.45) is 2.43. The molecular weight excluding hydrogens is 258 g/mol. The van der Waals surface area contributed by atoms with Gasteiger partial charge in [0.25, 0.3) is 0 Å². The molecule has 0 radical (unpaired) electrons. The van der Waals surface area contributed by atoms with E-state index in [4.69, 9.17) is 9.84 Å². The van der Waals surface area contributed by atoms with Gasteiger partial charge in [0.15, 0.2) is 0 Å². The Bertz CT molecular complexity index is 487. The summed E-state index contributed by atoms with van der Waals surface area (Å²) >= 11 is 0. The van der Waals surface area contributed by atoms with Gasteiger partial charge in [-0.05, 0) is 31.4 Å². The second-order valence-corrected chi connectivity index (χ2v) is 4.82. The number of unbranched alkanes of at least 4 members (excludes halogenated alkanes) is 1. The number of nitrogens with zero attached hydrogens (tertiary/aromatic N) is 1. The number of carbonyl (C=O) groups excluding carboxylic acids is 1. The number of carboxylic acid groups (broad SMARTS) is 1. The van der Waals surface area contributed by atoms with Crippen LogP contribution in [0.3, 0.4) is 0 Å². The molecule has 1 aliphatic rings. The smallest absolute Gasteiger partial charge is 0.303 e. The fourth-order valence-electron chi connectivity index (χ4n) is 2.27. The number of aliphatic carboxylic acids is 1. The van der Waals surface area contributed by atoms with Crippen molar-refractivity contribution < 1.29 is 19.4 Å². The van der Waals surface area contributed by atoms with Crippen LogP contribution in [0.4, 0.5) is 5.69 Å². The molecule has 1 amide bonds. The summed E-state index contributed by atoms with van der Waals surface area (Å²) in [4.78, 5) is 24.5. The van der Waals surface area contributed by atoms with Gasteiger partial charge in [0.05, 0.1) is 12.3 Å². The lowest BCUT2D eigenvalue weighted by Crippen LogP contribution is -2.31. The Balaban J connectivity index is 1.97. The minimum absolute atomic E-state index is 0.0355. The molecule has 108 valence electrons. The number of benzene rings is 1. The van der Waals surface area contributed by atoms with Crippen LogP contribution in [-0.2, 0) is 9.59 Å². The lowest BCUT2D eigenvalue weighted by molar-refractivity contribution is -0.137. The molecule has 0 bridgehead atoms. The van der Waals surface area contributed by atoms with Crippen LogP contribution in [0.5, 0.6) is 5.75 Å². The van der Waals surface area contributed by atoms with Crippen LogP contribution in [0.1, 0.15) is 32.1 Å². The molecule has 20 heavy (non-hydrogen) atoms. The first kappa shape index (κ1) is 14.4. The molecule has 5 heteroatoms. The third-order valence-electron chi connectivity index (χ3n) is 3.27. The minimum atomic E-state index is -0.814. The minimum Gasteiger partial charge on any atom is -0.491 e. The number of para-hydroxylation sites is 2. The van der Waals surface area contributed by atoms with Gasteiger partial charge < -0.3 is 14.7 Å². The fourth-order valence-corrected chi connectivity index (χ4v) is 2.27. The van der Waals surface area contributed by atoms with E-state index in [0.717, 1.165) is 17.9 Å². The van der Waals surface area contributed by atoms with Gasteiger partial charge >= 0.3 is 5.97 Å². The Kier molecular flexibility index (Phi) is 4.98. The van der Waals surface area contributed by atoms with Crippen LogP contribution in [0.2, 0.25) is 0 Å². The predicted octanol–water partition coefficient (Wildman–Crippen LogP) is 2.45. The average Bonchev–Trinajstić information content (AvgIpc) is 2.65. The lowest BCUT2D eigenvalue weighted by atomic mass is 10.1. The van der Waals surface area contributed by atoms with Gasteiger partial charge in [-0.1, -0.05) is 12.1 Å².